The van der Waals surface area contributed by atoms with Crippen molar-refractivity contribution >= 4 is 40.8 Å². The summed E-state index contributed by atoms with van der Waals surface area (Å²) < 4.78 is 70.9. The van der Waals surface area contributed by atoms with E-state index in [1.807, 2.05) is 12.2 Å². The zero-order chi connectivity index (χ0) is 24.3. The van der Waals surface area contributed by atoms with Gasteiger partial charge in [0.15, 0.2) is 23.3 Å². The number of fused-ring (bicyclic) bond motifs is 4. The first-order chi connectivity index (χ1) is 16.9. The van der Waals surface area contributed by atoms with Crippen molar-refractivity contribution in [2.45, 2.75) is 0 Å². The van der Waals surface area contributed by atoms with E-state index in [0.717, 1.165) is 0 Å². The molecule has 6 rings (SSSR count). The lowest BCUT2D eigenvalue weighted by molar-refractivity contribution is 0.376. The van der Waals surface area contributed by atoms with Crippen LogP contribution in [0, 0.1) is 29.1 Å². The topological polar surface area (TPSA) is 49.4 Å². The molecular weight excluding hydrogens is 499 g/mol. The van der Waals surface area contributed by atoms with Crippen LogP contribution in [0.15, 0.2) is 110 Å². The van der Waals surface area contributed by atoms with Crippen molar-refractivity contribution in [1.29, 1.82) is 0 Å². The predicted molar refractivity (Wildman–Crippen MR) is 131 cm³/mol. The SMILES string of the molecule is Cl.Fc1c(F)c(F)c(C2=CC3=CC4=NC(=CC5=NC(=CC6=NC(=CC2=N3)C=C6)C=C5)C=C4)c(F)c1F. The predicted octanol–water partition coefficient (Wildman–Crippen LogP) is 6.22. The fourth-order valence-corrected chi connectivity index (χ4v) is 3.94. The number of hydrogen-bond acceptors (Lipinski definition) is 4. The first-order valence-electron chi connectivity index (χ1n) is 10.4. The lowest BCUT2D eigenvalue weighted by atomic mass is 9.99. The third-order valence-corrected chi connectivity index (χ3v) is 5.52. The van der Waals surface area contributed by atoms with Crippen LogP contribution in [0.2, 0.25) is 0 Å². The Hall–Kier alpha value is -4.24. The number of allylic oxidation sites excluding steroid dienone is 12. The van der Waals surface area contributed by atoms with E-state index < -0.39 is 34.6 Å². The van der Waals surface area contributed by atoms with Crippen LogP contribution in [0.25, 0.3) is 5.57 Å². The molecular formula is C26H12ClF5N4. The van der Waals surface area contributed by atoms with Gasteiger partial charge in [0.1, 0.15) is 0 Å². The molecule has 0 saturated heterocycles. The van der Waals surface area contributed by atoms with Crippen molar-refractivity contribution in [1.82, 2.24) is 0 Å². The van der Waals surface area contributed by atoms with Crippen molar-refractivity contribution in [3.05, 3.63) is 124 Å². The van der Waals surface area contributed by atoms with E-state index in [9.17, 15) is 22.0 Å². The zero-order valence-corrected chi connectivity index (χ0v) is 18.8. The van der Waals surface area contributed by atoms with Crippen LogP contribution in [0.4, 0.5) is 22.0 Å². The molecule has 0 fully saturated rings. The third kappa shape index (κ3) is 3.97. The highest BCUT2D eigenvalue weighted by molar-refractivity contribution is 6.32. The quantitative estimate of drug-likeness (QED) is 0.244. The van der Waals surface area contributed by atoms with Gasteiger partial charge in [0.05, 0.1) is 51.2 Å². The number of halogens is 6. The lowest BCUT2D eigenvalue weighted by Crippen LogP contribution is -2.09. The largest absolute Gasteiger partial charge is 0.249 e. The second kappa shape index (κ2) is 8.76. The highest BCUT2D eigenvalue weighted by Gasteiger charge is 2.31. The van der Waals surface area contributed by atoms with Crippen LogP contribution >= 0.6 is 12.4 Å². The smallest absolute Gasteiger partial charge is 0.200 e. The highest BCUT2D eigenvalue weighted by atomic mass is 35.5. The average Bonchev–Trinajstić information content (AvgIpc) is 3.62. The van der Waals surface area contributed by atoms with Crippen molar-refractivity contribution in [3.8, 4) is 0 Å². The van der Waals surface area contributed by atoms with Gasteiger partial charge in [0, 0.05) is 5.57 Å². The molecule has 0 spiro atoms. The lowest BCUT2D eigenvalue weighted by Gasteiger charge is -2.09. The molecule has 0 saturated carbocycles. The summed E-state index contributed by atoms with van der Waals surface area (Å²) in [5.74, 6) is -10.2. The van der Waals surface area contributed by atoms with Crippen molar-refractivity contribution in [3.63, 3.8) is 0 Å². The molecule has 0 amide bonds. The molecule has 178 valence electrons. The Bertz CT molecular complexity index is 1600. The molecule has 10 heteroatoms. The summed E-state index contributed by atoms with van der Waals surface area (Å²) in [6.45, 7) is 0. The minimum atomic E-state index is -2.22. The molecule has 8 bridgehead atoms. The summed E-state index contributed by atoms with van der Waals surface area (Å²) in [6.07, 6.45) is 18.2. The van der Waals surface area contributed by atoms with Crippen molar-refractivity contribution in [2.75, 3.05) is 0 Å². The minimum absolute atomic E-state index is 0. The first kappa shape index (κ1) is 23.5. The van der Waals surface area contributed by atoms with E-state index in [1.165, 1.54) is 18.2 Å². The molecule has 0 aromatic heterocycles. The van der Waals surface area contributed by atoms with E-state index in [4.69, 9.17) is 0 Å². The Morgan fingerprint density at radius 2 is 0.833 bits per heavy atom. The summed E-state index contributed by atoms with van der Waals surface area (Å²) in [4.78, 5) is 17.8. The molecule has 5 heterocycles. The molecule has 5 aliphatic rings. The minimum Gasteiger partial charge on any atom is -0.249 e. The molecule has 1 aromatic carbocycles. The summed E-state index contributed by atoms with van der Waals surface area (Å²) in [6, 6.07) is 0. The van der Waals surface area contributed by atoms with Gasteiger partial charge in [0.2, 0.25) is 5.82 Å². The number of hydrogen-bond donors (Lipinski definition) is 0. The number of nitrogens with zero attached hydrogens (tertiary/aromatic N) is 4. The second-order valence-electron chi connectivity index (χ2n) is 7.89. The number of aliphatic imine (C=N–C) groups is 4. The van der Waals surface area contributed by atoms with Gasteiger partial charge >= 0.3 is 0 Å². The molecule has 0 N–H and O–H groups in total. The molecule has 0 unspecified atom stereocenters. The molecule has 4 nitrogen and oxygen atoms in total. The zero-order valence-electron chi connectivity index (χ0n) is 17.9. The van der Waals surface area contributed by atoms with E-state index in [2.05, 4.69) is 20.0 Å². The Morgan fingerprint density at radius 1 is 0.417 bits per heavy atom. The van der Waals surface area contributed by atoms with Gasteiger partial charge in [-0.25, -0.2) is 41.9 Å². The van der Waals surface area contributed by atoms with Gasteiger partial charge in [0.25, 0.3) is 0 Å². The van der Waals surface area contributed by atoms with Gasteiger partial charge in [-0.05, 0) is 66.8 Å². The molecule has 0 radical (unpaired) electrons. The van der Waals surface area contributed by atoms with Crippen molar-refractivity contribution in [2.24, 2.45) is 20.0 Å². The number of benzene rings is 1. The summed E-state index contributed by atoms with van der Waals surface area (Å²) in [7, 11) is 0. The Balaban J connectivity index is 0.00000267. The van der Waals surface area contributed by atoms with Gasteiger partial charge in [-0.1, -0.05) is 0 Å². The van der Waals surface area contributed by atoms with E-state index in [1.54, 1.807) is 36.5 Å². The molecule has 0 atom stereocenters. The third-order valence-electron chi connectivity index (χ3n) is 5.52. The fourth-order valence-electron chi connectivity index (χ4n) is 3.94. The highest BCUT2D eigenvalue weighted by Crippen LogP contribution is 2.34. The van der Waals surface area contributed by atoms with Crippen LogP contribution < -0.4 is 0 Å². The van der Waals surface area contributed by atoms with E-state index in [-0.39, 0.29) is 29.4 Å². The van der Waals surface area contributed by atoms with Crippen LogP contribution in [-0.2, 0) is 0 Å². The Labute approximate surface area is 207 Å². The summed E-state index contributed by atoms with van der Waals surface area (Å²) in [5.41, 5.74) is 2.32. The van der Waals surface area contributed by atoms with Gasteiger partial charge < -0.3 is 0 Å². The Kier molecular flexibility index (Phi) is 5.72. The van der Waals surface area contributed by atoms with Crippen LogP contribution in [0.5, 0.6) is 0 Å². The van der Waals surface area contributed by atoms with Gasteiger partial charge in [-0.15, -0.1) is 12.4 Å². The van der Waals surface area contributed by atoms with Gasteiger partial charge in [-0.2, -0.15) is 0 Å². The second-order valence-corrected chi connectivity index (χ2v) is 7.89. The maximum atomic E-state index is 14.7. The summed E-state index contributed by atoms with van der Waals surface area (Å²) in [5, 5.41) is 0. The maximum Gasteiger partial charge on any atom is 0.200 e. The van der Waals surface area contributed by atoms with E-state index in [0.29, 0.717) is 34.2 Å². The Morgan fingerprint density at radius 3 is 1.33 bits per heavy atom. The van der Waals surface area contributed by atoms with Crippen LogP contribution in [0.3, 0.4) is 0 Å². The average molecular weight is 511 g/mol. The van der Waals surface area contributed by atoms with Crippen molar-refractivity contribution < 1.29 is 22.0 Å². The fraction of sp³-hybridized carbons (Fsp3) is 0. The standard InChI is InChI=1S/C26H11F5N4.ClH/c27-22-21(23(28)25(30)26(31)24(22)29)19-10-18-9-16-4-3-14(33-16)7-12-1-2-13(32-12)8-15-5-6-17(34-15)11-20(19)35-18;/h1-11H;1H. The monoisotopic (exact) mass is 510 g/mol. The molecule has 36 heavy (non-hydrogen) atoms. The summed E-state index contributed by atoms with van der Waals surface area (Å²) >= 11 is 0. The first-order valence-corrected chi connectivity index (χ1v) is 10.4. The van der Waals surface area contributed by atoms with Crippen LogP contribution in [0.1, 0.15) is 5.56 Å². The normalized spacial score (nSPS) is 19.1. The van der Waals surface area contributed by atoms with Gasteiger partial charge in [-0.3, -0.25) is 0 Å². The number of rotatable bonds is 1. The van der Waals surface area contributed by atoms with Crippen LogP contribution in [-0.4, -0.2) is 22.8 Å². The molecule has 5 aliphatic heterocycles. The molecule has 1 aromatic rings. The van der Waals surface area contributed by atoms with E-state index >= 15 is 0 Å². The molecule has 0 aliphatic carbocycles. The maximum absolute atomic E-state index is 14.7.